The molecule has 0 saturated heterocycles. The van der Waals surface area contributed by atoms with Crippen molar-refractivity contribution in [3.05, 3.63) is 29.8 Å². The van der Waals surface area contributed by atoms with Crippen molar-refractivity contribution < 1.29 is 4.74 Å². The number of hydrogen-bond donors (Lipinski definition) is 2. The zero-order valence-corrected chi connectivity index (χ0v) is 15.8. The molecule has 0 aromatic heterocycles. The van der Waals surface area contributed by atoms with Crippen LogP contribution in [0, 0.1) is 23.2 Å². The van der Waals surface area contributed by atoms with Gasteiger partial charge in [0.2, 0.25) is 0 Å². The number of para-hydroxylation sites is 1. The molecule has 3 heteroatoms. The smallest absolute Gasteiger partial charge is 0.122 e. The number of hydrogen-bond acceptors (Lipinski definition) is 3. The minimum absolute atomic E-state index is 0.588. The van der Waals surface area contributed by atoms with Crippen LogP contribution in [0.1, 0.15) is 39.2 Å². The van der Waals surface area contributed by atoms with Crippen LogP contribution >= 0.6 is 0 Å². The van der Waals surface area contributed by atoms with Gasteiger partial charge in [-0.05, 0) is 60.6 Å². The molecule has 0 spiro atoms. The van der Waals surface area contributed by atoms with E-state index in [0.717, 1.165) is 55.6 Å². The van der Waals surface area contributed by atoms with Gasteiger partial charge in [-0.1, -0.05) is 39.0 Å². The highest BCUT2D eigenvalue weighted by Crippen LogP contribution is 2.61. The first-order chi connectivity index (χ1) is 11.5. The van der Waals surface area contributed by atoms with E-state index in [1.165, 1.54) is 18.4 Å². The SMILES string of the molecule is COc1ccccc1CCNCCN[C@@H]1CC2C[C@@H](C1C)C2(C)C. The average Bonchev–Trinajstić information content (AvgIpc) is 2.58. The lowest BCUT2D eigenvalue weighted by Gasteiger charge is -2.62. The Morgan fingerprint density at radius 3 is 2.62 bits per heavy atom. The highest BCUT2D eigenvalue weighted by molar-refractivity contribution is 5.33. The second-order valence-corrected chi connectivity index (χ2v) is 8.33. The molecule has 3 aliphatic carbocycles. The van der Waals surface area contributed by atoms with E-state index in [0.29, 0.717) is 5.41 Å². The Hall–Kier alpha value is -1.06. The van der Waals surface area contributed by atoms with Crippen LogP contribution in [-0.4, -0.2) is 32.8 Å². The van der Waals surface area contributed by atoms with Crippen molar-refractivity contribution in [3.63, 3.8) is 0 Å². The Bertz CT molecular complexity index is 542. The number of rotatable bonds is 8. The van der Waals surface area contributed by atoms with Crippen LogP contribution in [0.3, 0.4) is 0 Å². The number of ether oxygens (including phenoxy) is 1. The van der Waals surface area contributed by atoms with E-state index < -0.39 is 0 Å². The molecule has 3 saturated carbocycles. The molecule has 3 aliphatic rings. The van der Waals surface area contributed by atoms with Crippen LogP contribution in [0.25, 0.3) is 0 Å². The minimum Gasteiger partial charge on any atom is -0.496 e. The van der Waals surface area contributed by atoms with Crippen molar-refractivity contribution in [3.8, 4) is 5.75 Å². The molecule has 1 aromatic rings. The molecule has 24 heavy (non-hydrogen) atoms. The van der Waals surface area contributed by atoms with Crippen LogP contribution in [0.2, 0.25) is 0 Å². The lowest BCUT2D eigenvalue weighted by molar-refractivity contribution is -0.114. The fourth-order valence-electron chi connectivity index (χ4n) is 5.02. The Balaban J connectivity index is 1.32. The van der Waals surface area contributed by atoms with Gasteiger partial charge >= 0.3 is 0 Å². The second-order valence-electron chi connectivity index (χ2n) is 8.33. The highest BCUT2D eigenvalue weighted by atomic mass is 16.5. The summed E-state index contributed by atoms with van der Waals surface area (Å²) >= 11 is 0. The van der Waals surface area contributed by atoms with Crippen molar-refractivity contribution in [1.82, 2.24) is 10.6 Å². The zero-order chi connectivity index (χ0) is 17.2. The maximum Gasteiger partial charge on any atom is 0.122 e. The summed E-state index contributed by atoms with van der Waals surface area (Å²) in [6.07, 6.45) is 3.84. The molecule has 2 bridgehead atoms. The van der Waals surface area contributed by atoms with Gasteiger partial charge in [0.1, 0.15) is 5.75 Å². The van der Waals surface area contributed by atoms with Crippen molar-refractivity contribution >= 4 is 0 Å². The summed E-state index contributed by atoms with van der Waals surface area (Å²) in [5.41, 5.74) is 1.87. The van der Waals surface area contributed by atoms with Gasteiger partial charge in [0.15, 0.2) is 0 Å². The lowest BCUT2D eigenvalue weighted by atomic mass is 9.45. The third-order valence-electron chi connectivity index (χ3n) is 6.83. The topological polar surface area (TPSA) is 33.3 Å². The maximum absolute atomic E-state index is 5.41. The van der Waals surface area contributed by atoms with Gasteiger partial charge in [-0.15, -0.1) is 0 Å². The van der Waals surface area contributed by atoms with E-state index in [9.17, 15) is 0 Å². The van der Waals surface area contributed by atoms with Gasteiger partial charge in [-0.25, -0.2) is 0 Å². The molecule has 0 radical (unpaired) electrons. The summed E-state index contributed by atoms with van der Waals surface area (Å²) < 4.78 is 5.41. The third-order valence-corrected chi connectivity index (χ3v) is 6.83. The molecular formula is C21H34N2O. The van der Waals surface area contributed by atoms with E-state index in [1.807, 2.05) is 12.1 Å². The lowest BCUT2D eigenvalue weighted by Crippen LogP contribution is -2.60. The first-order valence-electron chi connectivity index (χ1n) is 9.60. The molecular weight excluding hydrogens is 296 g/mol. The van der Waals surface area contributed by atoms with E-state index in [4.69, 9.17) is 4.74 Å². The van der Waals surface area contributed by atoms with Crippen molar-refractivity contribution in [1.29, 1.82) is 0 Å². The Labute approximate surface area is 147 Å². The molecule has 4 atom stereocenters. The summed E-state index contributed by atoms with van der Waals surface area (Å²) in [6.45, 7) is 10.5. The molecule has 4 rings (SSSR count). The quantitative estimate of drug-likeness (QED) is 0.716. The Morgan fingerprint density at radius 2 is 1.92 bits per heavy atom. The molecule has 2 N–H and O–H groups in total. The molecule has 3 nitrogen and oxygen atoms in total. The monoisotopic (exact) mass is 330 g/mol. The standard InChI is InChI=1S/C21H34N2O/c1-15-18-13-17(21(18,2)3)14-19(15)23-12-11-22-10-9-16-7-5-6-8-20(16)24-4/h5-8,15,17-19,22-23H,9-14H2,1-4H3/t15?,17?,18-,19+/m0/s1. The Morgan fingerprint density at radius 1 is 1.12 bits per heavy atom. The fraction of sp³-hybridized carbons (Fsp3) is 0.714. The van der Waals surface area contributed by atoms with E-state index in [1.54, 1.807) is 7.11 Å². The van der Waals surface area contributed by atoms with Gasteiger partial charge in [-0.2, -0.15) is 0 Å². The number of methoxy groups -OCH3 is 1. The van der Waals surface area contributed by atoms with Gasteiger partial charge in [0, 0.05) is 19.1 Å². The van der Waals surface area contributed by atoms with Crippen LogP contribution in [0.5, 0.6) is 5.75 Å². The molecule has 0 amide bonds. The van der Waals surface area contributed by atoms with Gasteiger partial charge in [-0.3, -0.25) is 0 Å². The molecule has 0 aliphatic heterocycles. The molecule has 3 fully saturated rings. The predicted octanol–water partition coefficient (Wildman–Crippen LogP) is 3.49. The van der Waals surface area contributed by atoms with E-state index >= 15 is 0 Å². The second kappa shape index (κ2) is 7.45. The third kappa shape index (κ3) is 3.48. The van der Waals surface area contributed by atoms with Crippen LogP contribution < -0.4 is 15.4 Å². The first-order valence-corrected chi connectivity index (χ1v) is 9.60. The average molecular weight is 331 g/mol. The van der Waals surface area contributed by atoms with Crippen LogP contribution in [0.4, 0.5) is 0 Å². The molecule has 134 valence electrons. The van der Waals surface area contributed by atoms with E-state index in [-0.39, 0.29) is 0 Å². The van der Waals surface area contributed by atoms with E-state index in [2.05, 4.69) is 43.5 Å². The van der Waals surface area contributed by atoms with Gasteiger partial charge in [0.25, 0.3) is 0 Å². The summed E-state index contributed by atoms with van der Waals surface area (Å²) in [7, 11) is 1.74. The predicted molar refractivity (Wildman–Crippen MR) is 101 cm³/mol. The zero-order valence-electron chi connectivity index (χ0n) is 15.8. The largest absolute Gasteiger partial charge is 0.496 e. The fourth-order valence-corrected chi connectivity index (χ4v) is 5.02. The summed E-state index contributed by atoms with van der Waals surface area (Å²) in [5.74, 6) is 3.68. The van der Waals surface area contributed by atoms with Crippen LogP contribution in [0.15, 0.2) is 24.3 Å². The summed E-state index contributed by atoms with van der Waals surface area (Å²) in [4.78, 5) is 0. The number of nitrogens with one attached hydrogen (secondary N) is 2. The number of benzene rings is 1. The highest BCUT2D eigenvalue weighted by Gasteiger charge is 2.55. The maximum atomic E-state index is 5.41. The first kappa shape index (κ1) is 17.8. The summed E-state index contributed by atoms with van der Waals surface area (Å²) in [5, 5.41) is 7.36. The number of fused-ring (bicyclic) bond motifs is 2. The minimum atomic E-state index is 0.588. The van der Waals surface area contributed by atoms with Crippen molar-refractivity contribution in [2.45, 2.75) is 46.1 Å². The van der Waals surface area contributed by atoms with Crippen LogP contribution in [-0.2, 0) is 6.42 Å². The molecule has 1 aromatic carbocycles. The van der Waals surface area contributed by atoms with Crippen molar-refractivity contribution in [2.75, 3.05) is 26.7 Å². The molecule has 2 unspecified atom stereocenters. The Kier molecular flexibility index (Phi) is 5.51. The normalized spacial score (nSPS) is 30.7. The summed E-state index contributed by atoms with van der Waals surface area (Å²) in [6, 6.07) is 9.01. The molecule has 0 heterocycles. The van der Waals surface area contributed by atoms with Crippen molar-refractivity contribution in [2.24, 2.45) is 23.2 Å². The van der Waals surface area contributed by atoms with Gasteiger partial charge in [0.05, 0.1) is 7.11 Å². The van der Waals surface area contributed by atoms with Gasteiger partial charge < -0.3 is 15.4 Å².